The molecule has 308 valence electrons. The van der Waals surface area contributed by atoms with Gasteiger partial charge in [0.1, 0.15) is 0 Å². The van der Waals surface area contributed by atoms with Gasteiger partial charge in [-0.25, -0.2) is 0 Å². The van der Waals surface area contributed by atoms with Crippen molar-refractivity contribution >= 4 is 48.5 Å². The molecule has 0 N–H and O–H groups in total. The van der Waals surface area contributed by atoms with E-state index >= 15 is 0 Å². The molecule has 2 aliphatic rings. The molecule has 0 radical (unpaired) electrons. The maximum absolute atomic E-state index is 2.46. The van der Waals surface area contributed by atoms with E-state index in [9.17, 15) is 0 Å². The Balaban J connectivity index is 0.000000179. The van der Waals surface area contributed by atoms with E-state index in [1.807, 2.05) is 0 Å². The zero-order chi connectivity index (χ0) is 39.7. The van der Waals surface area contributed by atoms with Crippen LogP contribution in [0.2, 0.25) is 13.1 Å². The summed E-state index contributed by atoms with van der Waals surface area (Å²) in [5.74, 6) is 1.77. The van der Waals surface area contributed by atoms with Gasteiger partial charge in [0.25, 0.3) is 0 Å². The van der Waals surface area contributed by atoms with Crippen molar-refractivity contribution in [2.45, 2.75) is 103 Å². The normalized spacial score (nSPS) is 14.9. The Bertz CT molecular complexity index is 2420. The number of halogens is 2. The van der Waals surface area contributed by atoms with Crippen LogP contribution in [0.1, 0.15) is 88.2 Å². The molecule has 0 heterocycles. The van der Waals surface area contributed by atoms with Gasteiger partial charge in [-0.2, -0.15) is 12.1 Å². The molecule has 2 fully saturated rings. The van der Waals surface area contributed by atoms with E-state index in [1.54, 1.807) is 23.3 Å². The molecule has 8 aromatic rings. The Kier molecular flexibility index (Phi) is 17.5. The fraction of sp³-hybridized carbons (Fsp3) is 0.321. The zero-order valence-corrected chi connectivity index (χ0v) is 40.6. The van der Waals surface area contributed by atoms with Crippen LogP contribution in [0.5, 0.6) is 0 Å². The molecule has 0 nitrogen and oxygen atoms in total. The fourth-order valence-electron chi connectivity index (χ4n) is 9.85. The molecule has 0 saturated heterocycles. The number of hydrogen-bond acceptors (Lipinski definition) is 0. The summed E-state index contributed by atoms with van der Waals surface area (Å²) in [6.45, 7) is 4.62. The average Bonchev–Trinajstić information content (AvgIpc) is 3.63. The second-order valence-electron chi connectivity index (χ2n) is 17.6. The first kappa shape index (κ1) is 46.2. The molecule has 8 aromatic carbocycles. The van der Waals surface area contributed by atoms with Crippen LogP contribution in [0.4, 0.5) is 0 Å². The summed E-state index contributed by atoms with van der Waals surface area (Å²) in [6, 6.07) is 54.3. The van der Waals surface area contributed by atoms with E-state index in [4.69, 9.17) is 0 Å². The number of benzene rings is 6. The van der Waals surface area contributed by atoms with Crippen molar-refractivity contribution in [1.82, 2.24) is 0 Å². The average molecular weight is 923 g/mol. The Hall–Kier alpha value is -3.26. The van der Waals surface area contributed by atoms with Crippen LogP contribution in [-0.2, 0) is 36.2 Å². The number of hydrogen-bond donors (Lipinski definition) is 0. The monoisotopic (exact) mass is 920 g/mol. The predicted molar refractivity (Wildman–Crippen MR) is 252 cm³/mol. The second-order valence-corrected chi connectivity index (χ2v) is 27.0. The third-order valence-corrected chi connectivity index (χ3v) is 12.7. The van der Waals surface area contributed by atoms with Gasteiger partial charge in [-0.3, -0.25) is 0 Å². The summed E-state index contributed by atoms with van der Waals surface area (Å²) in [5.41, 5.74) is 8.66. The molecule has 0 atom stereocenters. The predicted octanol–water partition coefficient (Wildman–Crippen LogP) is 10.6. The third-order valence-electron chi connectivity index (χ3n) is 12.7. The van der Waals surface area contributed by atoms with Gasteiger partial charge in [0, 0.05) is 0 Å². The largest absolute Gasteiger partial charge is 1.00 e. The van der Waals surface area contributed by atoms with Crippen molar-refractivity contribution in [3.05, 3.63) is 157 Å². The maximum Gasteiger partial charge on any atom is -0.0178 e. The van der Waals surface area contributed by atoms with Gasteiger partial charge < -0.3 is 24.8 Å². The first-order chi connectivity index (χ1) is 28.5. The van der Waals surface area contributed by atoms with Crippen LogP contribution in [0.15, 0.2) is 146 Å². The van der Waals surface area contributed by atoms with Gasteiger partial charge >= 0.3 is 41.9 Å². The van der Waals surface area contributed by atoms with Crippen LogP contribution >= 0.6 is 0 Å². The summed E-state index contributed by atoms with van der Waals surface area (Å²) in [6.07, 6.45) is 19.6. The van der Waals surface area contributed by atoms with Crippen molar-refractivity contribution in [3.8, 4) is 22.3 Å². The molecule has 10 rings (SSSR count). The van der Waals surface area contributed by atoms with Crippen molar-refractivity contribution in [2.75, 3.05) is 0 Å². The smallest absolute Gasteiger partial charge is 0.0178 e. The second kappa shape index (κ2) is 22.7. The SMILES string of the molecule is C[Si](C)=[Zr+2].[Cl-].[Cl-].c1ccc2cc(-c3cccc4[cH-]c(CC5CCCCCC5)cc34)ccc2c1.c1ccc2cc(-c3cccc4[cH-]c(CC5CCCCCC5)cc34)ccc2c1. The third kappa shape index (κ3) is 12.0. The maximum atomic E-state index is 2.46. The first-order valence-corrected chi connectivity index (χ1v) is 28.5. The van der Waals surface area contributed by atoms with Crippen LogP contribution in [0, 0.1) is 11.8 Å². The molecule has 2 saturated carbocycles. The molecule has 0 aliphatic heterocycles. The Labute approximate surface area is 387 Å². The van der Waals surface area contributed by atoms with Gasteiger partial charge in [0.05, 0.1) is 0 Å². The summed E-state index contributed by atoms with van der Waals surface area (Å²) in [5, 5.41) is 10.9. The van der Waals surface area contributed by atoms with Crippen molar-refractivity contribution in [3.63, 3.8) is 0 Å². The van der Waals surface area contributed by atoms with E-state index in [0.29, 0.717) is 0 Å². The Morgan fingerprint density at radius 1 is 0.450 bits per heavy atom. The van der Waals surface area contributed by atoms with E-state index in [-0.39, 0.29) is 30.2 Å². The molecule has 2 aliphatic carbocycles. The fourth-order valence-corrected chi connectivity index (χ4v) is 9.85. The standard InChI is InChI=1S/2C27H27.C2H6Si.2ClH.Zr/c2*1-2-4-9-20(8-3-1)16-21-17-24-12-7-13-26(27(24)18-21)25-15-14-22-10-5-6-11-23(22)19-25;1-3-2;;;/h2*5-7,10-15,17-20H,1-4,8-9,16H2;1-2H3;2*1H;/q2*-1;;;;+2/p-2. The minimum atomic E-state index is 0. The summed E-state index contributed by atoms with van der Waals surface area (Å²) in [7, 11) is 0. The van der Waals surface area contributed by atoms with Gasteiger partial charge in [-0.05, 0) is 69.5 Å². The Morgan fingerprint density at radius 2 is 0.817 bits per heavy atom. The van der Waals surface area contributed by atoms with Crippen molar-refractivity contribution in [2.24, 2.45) is 11.8 Å². The van der Waals surface area contributed by atoms with Crippen LogP contribution in [0.3, 0.4) is 0 Å². The van der Waals surface area contributed by atoms with E-state index in [0.717, 1.165) is 11.8 Å². The van der Waals surface area contributed by atoms with Crippen molar-refractivity contribution < 1.29 is 48.1 Å². The van der Waals surface area contributed by atoms with E-state index < -0.39 is 0 Å². The van der Waals surface area contributed by atoms with E-state index in [1.165, 1.54) is 166 Å². The topological polar surface area (TPSA) is 0 Å². The zero-order valence-electron chi connectivity index (χ0n) is 35.7. The minimum absolute atomic E-state index is 0. The molecule has 0 aromatic heterocycles. The quantitative estimate of drug-likeness (QED) is 0.0886. The van der Waals surface area contributed by atoms with Crippen LogP contribution < -0.4 is 24.8 Å². The molecule has 60 heavy (non-hydrogen) atoms. The molecular formula is C56H60Cl2SiZr-2. The van der Waals surface area contributed by atoms with Crippen LogP contribution in [0.25, 0.3) is 65.3 Å². The van der Waals surface area contributed by atoms with Crippen LogP contribution in [-0.4, -0.2) is 5.43 Å². The molecule has 0 amide bonds. The van der Waals surface area contributed by atoms with Crippen molar-refractivity contribution in [1.29, 1.82) is 0 Å². The molecular weight excluding hydrogens is 863 g/mol. The van der Waals surface area contributed by atoms with Gasteiger partial charge in [0.2, 0.25) is 0 Å². The summed E-state index contributed by atoms with van der Waals surface area (Å²) >= 11 is 1.74. The summed E-state index contributed by atoms with van der Waals surface area (Å²) in [4.78, 5) is 0. The first-order valence-electron chi connectivity index (χ1n) is 22.3. The number of fused-ring (bicyclic) bond motifs is 4. The number of rotatable bonds is 6. The molecule has 0 bridgehead atoms. The molecule has 0 unspecified atom stereocenters. The van der Waals surface area contributed by atoms with Gasteiger partial charge in [0.15, 0.2) is 0 Å². The molecule has 0 spiro atoms. The van der Waals surface area contributed by atoms with Gasteiger partial charge in [-0.1, -0.05) is 173 Å². The van der Waals surface area contributed by atoms with Gasteiger partial charge in [-0.15, -0.1) is 69.1 Å². The Morgan fingerprint density at radius 3 is 1.20 bits per heavy atom. The summed E-state index contributed by atoms with van der Waals surface area (Å²) < 4.78 is 0. The molecule has 4 heteroatoms. The van der Waals surface area contributed by atoms with E-state index in [2.05, 4.69) is 159 Å². The minimum Gasteiger partial charge on any atom is -1.00 e.